The van der Waals surface area contributed by atoms with Crippen LogP contribution in [0.2, 0.25) is 0 Å². The number of allylic oxidation sites excluding steroid dienone is 1. The van der Waals surface area contributed by atoms with Gasteiger partial charge >= 0.3 is 0 Å². The summed E-state index contributed by atoms with van der Waals surface area (Å²) >= 11 is 1.68. The summed E-state index contributed by atoms with van der Waals surface area (Å²) in [5.74, 6) is 1.79. The molecular weight excluding hydrogens is 196 g/mol. The van der Waals surface area contributed by atoms with E-state index in [1.54, 1.807) is 11.8 Å². The van der Waals surface area contributed by atoms with Gasteiger partial charge in [0.25, 0.3) is 0 Å². The van der Waals surface area contributed by atoms with Crippen LogP contribution < -0.4 is 5.73 Å². The van der Waals surface area contributed by atoms with E-state index >= 15 is 0 Å². The number of aromatic nitrogens is 3. The van der Waals surface area contributed by atoms with Crippen molar-refractivity contribution in [1.82, 2.24) is 14.8 Å². The van der Waals surface area contributed by atoms with Crippen LogP contribution in [-0.4, -0.2) is 20.5 Å². The fourth-order valence-electron chi connectivity index (χ4n) is 1.11. The molecule has 0 aliphatic carbocycles. The summed E-state index contributed by atoms with van der Waals surface area (Å²) in [7, 11) is 0. The van der Waals surface area contributed by atoms with Crippen LogP contribution in [0.4, 0.5) is 0 Å². The van der Waals surface area contributed by atoms with Crippen molar-refractivity contribution in [3.05, 3.63) is 18.0 Å². The average molecular weight is 212 g/mol. The number of thioether (sulfide) groups is 1. The van der Waals surface area contributed by atoms with Crippen molar-refractivity contribution in [1.29, 1.82) is 0 Å². The second kappa shape index (κ2) is 5.82. The highest BCUT2D eigenvalue weighted by Gasteiger charge is 2.08. The molecule has 4 nitrogen and oxygen atoms in total. The lowest BCUT2D eigenvalue weighted by Gasteiger charge is -2.03. The third-order valence-electron chi connectivity index (χ3n) is 1.84. The fourth-order valence-corrected chi connectivity index (χ4v) is 2.04. The van der Waals surface area contributed by atoms with Gasteiger partial charge in [0.15, 0.2) is 5.16 Å². The third kappa shape index (κ3) is 2.59. The number of hydrogen-bond donors (Lipinski definition) is 1. The summed E-state index contributed by atoms with van der Waals surface area (Å²) in [6, 6.07) is 0. The molecule has 0 aliphatic heterocycles. The Hall–Kier alpha value is -0.810. The van der Waals surface area contributed by atoms with Crippen molar-refractivity contribution in [3.63, 3.8) is 0 Å². The van der Waals surface area contributed by atoms with E-state index in [-0.39, 0.29) is 0 Å². The van der Waals surface area contributed by atoms with Crippen LogP contribution in [0.3, 0.4) is 0 Å². The number of nitrogens with zero attached hydrogens (tertiary/aromatic N) is 3. The third-order valence-corrected chi connectivity index (χ3v) is 2.76. The number of hydrogen-bond acceptors (Lipinski definition) is 4. The second-order valence-corrected chi connectivity index (χ2v) is 3.71. The Morgan fingerprint density at radius 2 is 2.29 bits per heavy atom. The molecule has 0 atom stereocenters. The Morgan fingerprint density at radius 3 is 2.86 bits per heavy atom. The lowest BCUT2D eigenvalue weighted by atomic mass is 10.6. The van der Waals surface area contributed by atoms with Crippen LogP contribution in [0.1, 0.15) is 19.7 Å². The predicted molar refractivity (Wildman–Crippen MR) is 59.1 cm³/mol. The van der Waals surface area contributed by atoms with E-state index in [1.807, 2.05) is 17.6 Å². The molecule has 0 aromatic carbocycles. The zero-order valence-electron chi connectivity index (χ0n) is 8.60. The normalized spacial score (nSPS) is 11.4. The lowest BCUT2D eigenvalue weighted by Crippen LogP contribution is -2.08. The Kier molecular flexibility index (Phi) is 4.69. The van der Waals surface area contributed by atoms with Crippen LogP contribution in [0.15, 0.2) is 17.3 Å². The highest BCUT2D eigenvalue weighted by Crippen LogP contribution is 2.16. The van der Waals surface area contributed by atoms with Crippen molar-refractivity contribution in [2.45, 2.75) is 32.1 Å². The monoisotopic (exact) mass is 212 g/mol. The first-order valence-corrected chi connectivity index (χ1v) is 5.68. The van der Waals surface area contributed by atoms with Crippen LogP contribution in [0.25, 0.3) is 0 Å². The topological polar surface area (TPSA) is 56.7 Å². The summed E-state index contributed by atoms with van der Waals surface area (Å²) < 4.78 is 2.05. The Labute approximate surface area is 88.6 Å². The molecule has 0 amide bonds. The van der Waals surface area contributed by atoms with E-state index in [9.17, 15) is 0 Å². The molecule has 2 N–H and O–H groups in total. The molecule has 0 spiro atoms. The highest BCUT2D eigenvalue weighted by atomic mass is 32.2. The second-order valence-electron chi connectivity index (χ2n) is 2.73. The zero-order chi connectivity index (χ0) is 10.4. The largest absolute Gasteiger partial charge is 0.324 e. The lowest BCUT2D eigenvalue weighted by molar-refractivity contribution is 0.643. The van der Waals surface area contributed by atoms with Gasteiger partial charge in [-0.05, 0) is 13.8 Å². The van der Waals surface area contributed by atoms with Crippen molar-refractivity contribution < 1.29 is 0 Å². The molecule has 5 heteroatoms. The minimum Gasteiger partial charge on any atom is -0.324 e. The molecule has 0 saturated carbocycles. The SMILES string of the molecule is CC=CCSc1nnc(CN)n1CC. The summed E-state index contributed by atoms with van der Waals surface area (Å²) in [6.45, 7) is 5.40. The van der Waals surface area contributed by atoms with Gasteiger partial charge in [-0.3, -0.25) is 0 Å². The molecule has 0 fully saturated rings. The fraction of sp³-hybridized carbons (Fsp3) is 0.556. The first-order chi connectivity index (χ1) is 6.83. The van der Waals surface area contributed by atoms with Crippen molar-refractivity contribution >= 4 is 11.8 Å². The van der Waals surface area contributed by atoms with E-state index < -0.39 is 0 Å². The molecule has 1 heterocycles. The number of nitrogens with two attached hydrogens (primary N) is 1. The number of rotatable bonds is 5. The first kappa shape index (κ1) is 11.3. The molecule has 0 bridgehead atoms. The van der Waals surface area contributed by atoms with Crippen LogP contribution in [-0.2, 0) is 13.1 Å². The van der Waals surface area contributed by atoms with Crippen LogP contribution >= 0.6 is 11.8 Å². The van der Waals surface area contributed by atoms with Crippen molar-refractivity contribution in [3.8, 4) is 0 Å². The smallest absolute Gasteiger partial charge is 0.191 e. The van der Waals surface area contributed by atoms with Gasteiger partial charge in [-0.15, -0.1) is 10.2 Å². The van der Waals surface area contributed by atoms with Gasteiger partial charge in [-0.2, -0.15) is 0 Å². The first-order valence-electron chi connectivity index (χ1n) is 4.69. The Morgan fingerprint density at radius 1 is 1.50 bits per heavy atom. The van der Waals surface area contributed by atoms with Crippen molar-refractivity contribution in [2.75, 3.05) is 5.75 Å². The minimum atomic E-state index is 0.449. The minimum absolute atomic E-state index is 0.449. The molecule has 1 rings (SSSR count). The molecule has 1 aromatic heterocycles. The van der Waals surface area contributed by atoms with E-state index in [2.05, 4.69) is 23.2 Å². The molecule has 0 radical (unpaired) electrons. The van der Waals surface area contributed by atoms with Gasteiger partial charge < -0.3 is 10.3 Å². The Balaban J connectivity index is 2.70. The van der Waals surface area contributed by atoms with Gasteiger partial charge in [-0.25, -0.2) is 0 Å². The maximum absolute atomic E-state index is 5.55. The molecule has 0 aliphatic rings. The summed E-state index contributed by atoms with van der Waals surface area (Å²) in [4.78, 5) is 0. The van der Waals surface area contributed by atoms with Gasteiger partial charge in [0.05, 0.1) is 6.54 Å². The predicted octanol–water partition coefficient (Wildman–Crippen LogP) is 1.42. The van der Waals surface area contributed by atoms with E-state index in [0.29, 0.717) is 6.54 Å². The maximum atomic E-state index is 5.55. The molecule has 0 unspecified atom stereocenters. The molecule has 1 aromatic rings. The van der Waals surface area contributed by atoms with Gasteiger partial charge in [-0.1, -0.05) is 23.9 Å². The van der Waals surface area contributed by atoms with Gasteiger partial charge in [0.1, 0.15) is 5.82 Å². The van der Waals surface area contributed by atoms with E-state index in [0.717, 1.165) is 23.3 Å². The molecule has 14 heavy (non-hydrogen) atoms. The molecule has 0 saturated heterocycles. The highest BCUT2D eigenvalue weighted by molar-refractivity contribution is 7.99. The molecule has 78 valence electrons. The van der Waals surface area contributed by atoms with Gasteiger partial charge in [0, 0.05) is 12.3 Å². The summed E-state index contributed by atoms with van der Waals surface area (Å²) in [5, 5.41) is 9.07. The summed E-state index contributed by atoms with van der Waals surface area (Å²) in [6.07, 6.45) is 4.13. The average Bonchev–Trinajstić information content (AvgIpc) is 2.60. The molecular formula is C9H16N4S. The zero-order valence-corrected chi connectivity index (χ0v) is 9.42. The van der Waals surface area contributed by atoms with Crippen LogP contribution in [0.5, 0.6) is 0 Å². The van der Waals surface area contributed by atoms with Gasteiger partial charge in [0.2, 0.25) is 0 Å². The van der Waals surface area contributed by atoms with Crippen molar-refractivity contribution in [2.24, 2.45) is 5.73 Å². The quantitative estimate of drug-likeness (QED) is 0.592. The Bertz CT molecular complexity index is 306. The maximum Gasteiger partial charge on any atom is 0.191 e. The standard InChI is InChI=1S/C9H16N4S/c1-3-5-6-14-9-12-11-8(7-10)13(9)4-2/h3,5H,4,6-7,10H2,1-2H3. The van der Waals surface area contributed by atoms with E-state index in [1.165, 1.54) is 0 Å². The van der Waals surface area contributed by atoms with E-state index in [4.69, 9.17) is 5.73 Å². The van der Waals surface area contributed by atoms with Crippen LogP contribution in [0, 0.1) is 0 Å². The summed E-state index contributed by atoms with van der Waals surface area (Å²) in [5.41, 5.74) is 5.55.